The van der Waals surface area contributed by atoms with Gasteiger partial charge in [-0.1, -0.05) is 36.9 Å². The molecule has 2 aromatic carbocycles. The van der Waals surface area contributed by atoms with Crippen molar-refractivity contribution >= 4 is 22.9 Å². The van der Waals surface area contributed by atoms with Gasteiger partial charge in [-0.3, -0.25) is 9.78 Å². The lowest BCUT2D eigenvalue weighted by Crippen LogP contribution is -2.35. The summed E-state index contributed by atoms with van der Waals surface area (Å²) < 4.78 is 0. The van der Waals surface area contributed by atoms with Gasteiger partial charge in [-0.15, -0.1) is 0 Å². The number of hydrogen-bond donors (Lipinski definition) is 1. The van der Waals surface area contributed by atoms with E-state index in [1.165, 1.54) is 0 Å². The molecule has 3 nitrogen and oxygen atoms in total. The molecule has 3 heteroatoms. The van der Waals surface area contributed by atoms with E-state index in [-0.39, 0.29) is 11.4 Å². The smallest absolute Gasteiger partial charge is 0.251 e. The fraction of sp³-hybridized carbons (Fsp3) is 0.143. The second-order valence-corrected chi connectivity index (χ2v) is 6.24. The zero-order valence-electron chi connectivity index (χ0n) is 13.3. The molecule has 1 saturated carbocycles. The Morgan fingerprint density at radius 3 is 2.62 bits per heavy atom. The van der Waals surface area contributed by atoms with E-state index in [4.69, 9.17) is 0 Å². The van der Waals surface area contributed by atoms with Crippen LogP contribution in [0.15, 0.2) is 67.4 Å². The quantitative estimate of drug-likeness (QED) is 0.780. The molecule has 24 heavy (non-hydrogen) atoms. The van der Waals surface area contributed by atoms with Crippen LogP contribution in [0.1, 0.15) is 34.3 Å². The first-order chi connectivity index (χ1) is 11.7. The summed E-state index contributed by atoms with van der Waals surface area (Å²) in [6.07, 6.45) is 5.50. The number of rotatable bonds is 4. The standard InChI is InChI=1S/C21H18N2O/c1-2-15-13-18(17-9-6-12-22-19(17)14-15)21(10-11-21)23-20(24)16-7-4-3-5-8-16/h2-9,12-14H,1,10-11H2,(H,23,24). The molecule has 3 aromatic rings. The molecular formula is C21H18N2O. The molecule has 0 spiro atoms. The van der Waals surface area contributed by atoms with Crippen LogP contribution in [0.5, 0.6) is 0 Å². The maximum Gasteiger partial charge on any atom is 0.251 e. The average molecular weight is 314 g/mol. The lowest BCUT2D eigenvalue weighted by atomic mass is 9.96. The SMILES string of the molecule is C=Cc1cc(C2(NC(=O)c3ccccc3)CC2)c2cccnc2c1. The third-order valence-corrected chi connectivity index (χ3v) is 4.63. The summed E-state index contributed by atoms with van der Waals surface area (Å²) in [6, 6.07) is 17.5. The van der Waals surface area contributed by atoms with Gasteiger partial charge in [0.25, 0.3) is 5.91 Å². The zero-order valence-corrected chi connectivity index (χ0v) is 13.3. The van der Waals surface area contributed by atoms with Gasteiger partial charge in [0.1, 0.15) is 0 Å². The van der Waals surface area contributed by atoms with Crippen molar-refractivity contribution in [2.24, 2.45) is 0 Å². The van der Waals surface area contributed by atoms with Crippen molar-refractivity contribution in [3.05, 3.63) is 84.1 Å². The molecule has 1 amide bonds. The Kier molecular flexibility index (Phi) is 3.42. The number of nitrogens with one attached hydrogen (secondary N) is 1. The molecule has 0 aliphatic heterocycles. The normalized spacial score (nSPS) is 15.0. The second kappa shape index (κ2) is 5.60. The topological polar surface area (TPSA) is 42.0 Å². The van der Waals surface area contributed by atoms with Gasteiger partial charge in [0.15, 0.2) is 0 Å². The Labute approximate surface area is 141 Å². The number of aromatic nitrogens is 1. The number of amides is 1. The molecule has 0 atom stereocenters. The van der Waals surface area contributed by atoms with Gasteiger partial charge < -0.3 is 5.32 Å². The van der Waals surface area contributed by atoms with Crippen LogP contribution in [-0.2, 0) is 5.54 Å². The largest absolute Gasteiger partial charge is 0.342 e. The molecular weight excluding hydrogens is 296 g/mol. The zero-order chi connectivity index (χ0) is 16.6. The monoisotopic (exact) mass is 314 g/mol. The minimum absolute atomic E-state index is 0.0332. The fourth-order valence-electron chi connectivity index (χ4n) is 3.18. The van der Waals surface area contributed by atoms with E-state index in [2.05, 4.69) is 29.0 Å². The van der Waals surface area contributed by atoms with Crippen molar-refractivity contribution in [1.82, 2.24) is 10.3 Å². The van der Waals surface area contributed by atoms with Gasteiger partial charge in [-0.25, -0.2) is 0 Å². The molecule has 1 N–H and O–H groups in total. The number of benzene rings is 2. The summed E-state index contributed by atoms with van der Waals surface area (Å²) in [5.74, 6) is -0.0332. The summed E-state index contributed by atoms with van der Waals surface area (Å²) in [5.41, 5.74) is 3.48. The van der Waals surface area contributed by atoms with E-state index in [1.54, 1.807) is 6.20 Å². The number of carbonyl (C=O) groups excluding carboxylic acids is 1. The third kappa shape index (κ3) is 2.48. The first kappa shape index (κ1) is 14.6. The predicted molar refractivity (Wildman–Crippen MR) is 96.7 cm³/mol. The molecule has 1 fully saturated rings. The van der Waals surface area contributed by atoms with Crippen LogP contribution in [0.2, 0.25) is 0 Å². The van der Waals surface area contributed by atoms with Crippen molar-refractivity contribution in [3.63, 3.8) is 0 Å². The molecule has 0 radical (unpaired) electrons. The van der Waals surface area contributed by atoms with E-state index < -0.39 is 0 Å². The number of fused-ring (bicyclic) bond motifs is 1. The van der Waals surface area contributed by atoms with Crippen LogP contribution in [0.3, 0.4) is 0 Å². The highest BCUT2D eigenvalue weighted by molar-refractivity contribution is 5.96. The third-order valence-electron chi connectivity index (χ3n) is 4.63. The fourth-order valence-corrected chi connectivity index (χ4v) is 3.18. The van der Waals surface area contributed by atoms with Crippen LogP contribution in [0.25, 0.3) is 17.0 Å². The lowest BCUT2D eigenvalue weighted by molar-refractivity contribution is 0.0931. The van der Waals surface area contributed by atoms with Crippen LogP contribution in [0, 0.1) is 0 Å². The molecule has 0 bridgehead atoms. The van der Waals surface area contributed by atoms with Gasteiger partial charge in [-0.2, -0.15) is 0 Å². The Hall–Kier alpha value is -2.94. The second-order valence-electron chi connectivity index (χ2n) is 6.24. The van der Waals surface area contributed by atoms with Gasteiger partial charge in [0.05, 0.1) is 11.1 Å². The first-order valence-electron chi connectivity index (χ1n) is 8.11. The van der Waals surface area contributed by atoms with Crippen molar-refractivity contribution < 1.29 is 4.79 Å². The Bertz CT molecular complexity index is 927. The van der Waals surface area contributed by atoms with Crippen LogP contribution in [-0.4, -0.2) is 10.9 Å². The maximum absolute atomic E-state index is 12.6. The van der Waals surface area contributed by atoms with Crippen molar-refractivity contribution in [1.29, 1.82) is 0 Å². The average Bonchev–Trinajstić information content (AvgIpc) is 3.42. The van der Waals surface area contributed by atoms with E-state index in [0.717, 1.165) is 34.9 Å². The molecule has 0 unspecified atom stereocenters. The molecule has 1 aliphatic rings. The van der Waals surface area contributed by atoms with Gasteiger partial charge in [-0.05, 0) is 54.3 Å². The van der Waals surface area contributed by atoms with Crippen molar-refractivity contribution in [2.45, 2.75) is 18.4 Å². The molecule has 0 saturated heterocycles. The number of carbonyl (C=O) groups is 1. The minimum Gasteiger partial charge on any atom is -0.342 e. The van der Waals surface area contributed by atoms with Crippen LogP contribution in [0.4, 0.5) is 0 Å². The van der Waals surface area contributed by atoms with Crippen molar-refractivity contribution in [3.8, 4) is 0 Å². The molecule has 118 valence electrons. The van der Waals surface area contributed by atoms with E-state index in [1.807, 2.05) is 48.5 Å². The van der Waals surface area contributed by atoms with E-state index >= 15 is 0 Å². The summed E-state index contributed by atoms with van der Waals surface area (Å²) in [4.78, 5) is 17.1. The maximum atomic E-state index is 12.6. The molecule has 4 rings (SSSR count). The summed E-state index contributed by atoms with van der Waals surface area (Å²) in [7, 11) is 0. The first-order valence-corrected chi connectivity index (χ1v) is 8.11. The van der Waals surface area contributed by atoms with Gasteiger partial charge in [0, 0.05) is 17.1 Å². The Morgan fingerprint density at radius 2 is 1.92 bits per heavy atom. The van der Waals surface area contributed by atoms with Crippen LogP contribution >= 0.6 is 0 Å². The number of nitrogens with zero attached hydrogens (tertiary/aromatic N) is 1. The van der Waals surface area contributed by atoms with Gasteiger partial charge >= 0.3 is 0 Å². The van der Waals surface area contributed by atoms with Gasteiger partial charge in [0.2, 0.25) is 0 Å². The number of hydrogen-bond acceptors (Lipinski definition) is 2. The Balaban J connectivity index is 1.76. The summed E-state index contributed by atoms with van der Waals surface area (Å²) >= 11 is 0. The molecule has 1 aliphatic carbocycles. The summed E-state index contributed by atoms with van der Waals surface area (Å²) in [5, 5.41) is 4.33. The summed E-state index contributed by atoms with van der Waals surface area (Å²) in [6.45, 7) is 3.87. The Morgan fingerprint density at radius 1 is 1.12 bits per heavy atom. The van der Waals surface area contributed by atoms with Crippen LogP contribution < -0.4 is 5.32 Å². The predicted octanol–water partition coefficient (Wildman–Crippen LogP) is 4.30. The van der Waals surface area contributed by atoms with Crippen molar-refractivity contribution in [2.75, 3.05) is 0 Å². The molecule has 1 aromatic heterocycles. The highest BCUT2D eigenvalue weighted by Gasteiger charge is 2.46. The van der Waals surface area contributed by atoms with E-state index in [9.17, 15) is 4.79 Å². The molecule has 1 heterocycles. The van der Waals surface area contributed by atoms with E-state index in [0.29, 0.717) is 5.56 Å². The highest BCUT2D eigenvalue weighted by atomic mass is 16.1. The number of pyridine rings is 1. The minimum atomic E-state index is -0.298. The lowest BCUT2D eigenvalue weighted by Gasteiger charge is -2.20. The highest BCUT2D eigenvalue weighted by Crippen LogP contribution is 2.48.